The van der Waals surface area contributed by atoms with Crippen molar-refractivity contribution in [2.45, 2.75) is 33.1 Å². The Hall–Kier alpha value is -3.61. The normalized spacial score (nSPS) is 11.4. The molecular weight excluding hydrogens is 396 g/mol. The second kappa shape index (κ2) is 11.0. The molecule has 0 amide bonds. The van der Waals surface area contributed by atoms with Gasteiger partial charge in [0.15, 0.2) is 0 Å². The monoisotopic (exact) mass is 422 g/mol. The van der Waals surface area contributed by atoms with Gasteiger partial charge in [-0.3, -0.25) is 4.79 Å². The minimum absolute atomic E-state index is 0.166. The number of aryl methyl sites for hydroxylation is 1. The maximum Gasteiger partial charge on any atom is 0.309 e. The fourth-order valence-corrected chi connectivity index (χ4v) is 3.07. The summed E-state index contributed by atoms with van der Waals surface area (Å²) in [6.45, 7) is 4.53. The van der Waals surface area contributed by atoms with Crippen LogP contribution in [-0.4, -0.2) is 35.0 Å². The lowest BCUT2D eigenvalue weighted by molar-refractivity contribution is -0.135. The van der Waals surface area contributed by atoms with Crippen LogP contribution in [0.4, 0.5) is 0 Å². The number of nitrogens with zero attached hydrogens (tertiary/aromatic N) is 2. The van der Waals surface area contributed by atoms with E-state index in [1.54, 1.807) is 6.92 Å². The number of hydrogen-bond donors (Lipinski definition) is 1. The Morgan fingerprint density at radius 2 is 1.97 bits per heavy atom. The minimum atomic E-state index is -0.941. The molecule has 7 nitrogen and oxygen atoms in total. The van der Waals surface area contributed by atoms with E-state index >= 15 is 0 Å². The molecule has 31 heavy (non-hydrogen) atoms. The third kappa shape index (κ3) is 6.70. The number of rotatable bonds is 11. The maximum absolute atomic E-state index is 11.1. The molecule has 0 aliphatic heterocycles. The molecule has 0 saturated carbocycles. The lowest BCUT2D eigenvalue weighted by atomic mass is 10.1. The van der Waals surface area contributed by atoms with E-state index in [1.165, 1.54) is 0 Å². The predicted molar refractivity (Wildman–Crippen MR) is 117 cm³/mol. The quantitative estimate of drug-likeness (QED) is 0.356. The molecule has 0 aliphatic carbocycles. The van der Waals surface area contributed by atoms with Gasteiger partial charge in [0.2, 0.25) is 5.89 Å². The average molecular weight is 422 g/mol. The number of benzene rings is 2. The van der Waals surface area contributed by atoms with Crippen LogP contribution in [0, 0.1) is 6.92 Å². The molecule has 0 spiro atoms. The van der Waals surface area contributed by atoms with E-state index in [1.807, 2.05) is 61.5 Å². The SMILES string of the molecule is CCON=C(CC(=O)O)Cc1cccc(OCCc2nc(-c3ccccc3)oc2C)c1. The second-order valence-electron chi connectivity index (χ2n) is 6.96. The number of ether oxygens (including phenoxy) is 1. The Kier molecular flexibility index (Phi) is 7.81. The number of aliphatic carboxylic acids is 1. The van der Waals surface area contributed by atoms with E-state index in [0.717, 1.165) is 22.6 Å². The lowest BCUT2D eigenvalue weighted by Crippen LogP contribution is -2.11. The van der Waals surface area contributed by atoms with Crippen molar-refractivity contribution < 1.29 is 23.9 Å². The number of hydrogen-bond acceptors (Lipinski definition) is 6. The molecule has 1 heterocycles. The van der Waals surface area contributed by atoms with Gasteiger partial charge in [0.25, 0.3) is 0 Å². The zero-order valence-corrected chi connectivity index (χ0v) is 17.7. The van der Waals surface area contributed by atoms with Crippen molar-refractivity contribution in [1.82, 2.24) is 4.98 Å². The Balaban J connectivity index is 1.59. The Bertz CT molecular complexity index is 1030. The molecular formula is C24H26N2O5. The van der Waals surface area contributed by atoms with Crippen molar-refractivity contribution in [2.75, 3.05) is 13.2 Å². The Labute approximate surface area is 181 Å². The first-order chi connectivity index (χ1) is 15.0. The topological polar surface area (TPSA) is 94.2 Å². The van der Waals surface area contributed by atoms with Crippen molar-refractivity contribution in [2.24, 2.45) is 5.16 Å². The molecule has 3 rings (SSSR count). The van der Waals surface area contributed by atoms with Gasteiger partial charge in [-0.25, -0.2) is 4.98 Å². The molecule has 0 fully saturated rings. The first kappa shape index (κ1) is 22.1. The summed E-state index contributed by atoms with van der Waals surface area (Å²) in [7, 11) is 0. The summed E-state index contributed by atoms with van der Waals surface area (Å²) in [5, 5.41) is 13.0. The summed E-state index contributed by atoms with van der Waals surface area (Å²) < 4.78 is 11.7. The van der Waals surface area contributed by atoms with E-state index < -0.39 is 5.97 Å². The molecule has 7 heteroatoms. The summed E-state index contributed by atoms with van der Waals surface area (Å²) in [5.74, 6) is 1.15. The first-order valence-electron chi connectivity index (χ1n) is 10.2. The van der Waals surface area contributed by atoms with Gasteiger partial charge >= 0.3 is 5.97 Å². The highest BCUT2D eigenvalue weighted by molar-refractivity contribution is 5.99. The van der Waals surface area contributed by atoms with Gasteiger partial charge in [0, 0.05) is 18.4 Å². The molecule has 0 bridgehead atoms. The van der Waals surface area contributed by atoms with E-state index in [2.05, 4.69) is 10.1 Å². The Morgan fingerprint density at radius 1 is 1.16 bits per heavy atom. The third-order valence-corrected chi connectivity index (χ3v) is 4.51. The second-order valence-corrected chi connectivity index (χ2v) is 6.96. The van der Waals surface area contributed by atoms with Crippen molar-refractivity contribution in [3.63, 3.8) is 0 Å². The molecule has 0 saturated heterocycles. The van der Waals surface area contributed by atoms with Crippen LogP contribution in [0.3, 0.4) is 0 Å². The van der Waals surface area contributed by atoms with Crippen LogP contribution in [0.25, 0.3) is 11.5 Å². The highest BCUT2D eigenvalue weighted by Gasteiger charge is 2.12. The minimum Gasteiger partial charge on any atom is -0.493 e. The van der Waals surface area contributed by atoms with Crippen LogP contribution >= 0.6 is 0 Å². The largest absolute Gasteiger partial charge is 0.493 e. The summed E-state index contributed by atoms with van der Waals surface area (Å²) >= 11 is 0. The van der Waals surface area contributed by atoms with Crippen LogP contribution < -0.4 is 4.74 Å². The number of carboxylic acids is 1. The Morgan fingerprint density at radius 3 is 2.71 bits per heavy atom. The predicted octanol–water partition coefficient (Wildman–Crippen LogP) is 4.68. The summed E-state index contributed by atoms with van der Waals surface area (Å²) in [5.41, 5.74) is 3.17. The molecule has 3 aromatic rings. The van der Waals surface area contributed by atoms with Crippen LogP contribution in [0.15, 0.2) is 64.2 Å². The van der Waals surface area contributed by atoms with Crippen LogP contribution in [0.5, 0.6) is 5.75 Å². The highest BCUT2D eigenvalue weighted by Crippen LogP contribution is 2.22. The molecule has 0 atom stereocenters. The summed E-state index contributed by atoms with van der Waals surface area (Å²) in [4.78, 5) is 20.7. The van der Waals surface area contributed by atoms with E-state index in [4.69, 9.17) is 19.1 Å². The molecule has 0 radical (unpaired) electrons. The van der Waals surface area contributed by atoms with Crippen molar-refractivity contribution in [3.8, 4) is 17.2 Å². The number of carbonyl (C=O) groups is 1. The number of aromatic nitrogens is 1. The van der Waals surface area contributed by atoms with Crippen molar-refractivity contribution >= 4 is 11.7 Å². The smallest absolute Gasteiger partial charge is 0.309 e. The zero-order chi connectivity index (χ0) is 22.1. The van der Waals surface area contributed by atoms with Crippen LogP contribution in [0.1, 0.15) is 30.4 Å². The van der Waals surface area contributed by atoms with Gasteiger partial charge in [-0.05, 0) is 43.7 Å². The van der Waals surface area contributed by atoms with Crippen molar-refractivity contribution in [1.29, 1.82) is 0 Å². The number of oxime groups is 1. The number of oxazole rings is 1. The van der Waals surface area contributed by atoms with E-state index in [9.17, 15) is 4.79 Å². The third-order valence-electron chi connectivity index (χ3n) is 4.51. The summed E-state index contributed by atoms with van der Waals surface area (Å²) in [6, 6.07) is 17.3. The number of carboxylic acid groups (broad SMARTS) is 1. The molecule has 162 valence electrons. The lowest BCUT2D eigenvalue weighted by Gasteiger charge is -2.08. The van der Waals surface area contributed by atoms with Crippen molar-refractivity contribution in [3.05, 3.63) is 71.6 Å². The van der Waals surface area contributed by atoms with Gasteiger partial charge in [0.1, 0.15) is 18.1 Å². The van der Waals surface area contributed by atoms with Gasteiger partial charge in [0.05, 0.1) is 24.4 Å². The standard InChI is InChI=1S/C24H26N2O5/c1-3-30-26-20(16-23(27)28)14-18-8-7-11-21(15-18)29-13-12-22-17(2)31-24(25-22)19-9-5-4-6-10-19/h4-11,15H,3,12-14,16H2,1-2H3,(H,27,28). The van der Waals surface area contributed by atoms with E-state index in [-0.39, 0.29) is 6.42 Å². The fourth-order valence-electron chi connectivity index (χ4n) is 3.07. The summed E-state index contributed by atoms with van der Waals surface area (Å²) in [6.07, 6.45) is 0.828. The van der Waals surface area contributed by atoms with Crippen LogP contribution in [0.2, 0.25) is 0 Å². The fraction of sp³-hybridized carbons (Fsp3) is 0.292. The van der Waals surface area contributed by atoms with Gasteiger partial charge in [-0.15, -0.1) is 0 Å². The maximum atomic E-state index is 11.1. The van der Waals surface area contributed by atoms with Gasteiger partial charge < -0.3 is 19.1 Å². The van der Waals surface area contributed by atoms with Gasteiger partial charge in [-0.2, -0.15) is 0 Å². The average Bonchev–Trinajstić information content (AvgIpc) is 3.13. The molecule has 1 aromatic heterocycles. The highest BCUT2D eigenvalue weighted by atomic mass is 16.6. The molecule has 1 N–H and O–H groups in total. The molecule has 2 aromatic carbocycles. The van der Waals surface area contributed by atoms with E-state index in [0.29, 0.717) is 43.4 Å². The first-order valence-corrected chi connectivity index (χ1v) is 10.2. The van der Waals surface area contributed by atoms with Crippen LogP contribution in [-0.2, 0) is 22.5 Å². The molecule has 0 unspecified atom stereocenters. The van der Waals surface area contributed by atoms with Gasteiger partial charge in [-0.1, -0.05) is 35.5 Å². The molecule has 0 aliphatic rings. The zero-order valence-electron chi connectivity index (χ0n) is 17.7.